The molecule has 0 radical (unpaired) electrons. The van der Waals surface area contributed by atoms with Gasteiger partial charge >= 0.3 is 6.61 Å². The van der Waals surface area contributed by atoms with E-state index in [1.807, 2.05) is 13.8 Å². The van der Waals surface area contributed by atoms with Gasteiger partial charge in [-0.15, -0.1) is 0 Å². The number of rotatable bonds is 8. The summed E-state index contributed by atoms with van der Waals surface area (Å²) in [6.45, 7) is 2.77. The molecule has 0 spiro atoms. The summed E-state index contributed by atoms with van der Waals surface area (Å²) >= 11 is 0. The molecule has 0 fully saturated rings. The number of methoxy groups -OCH3 is 1. The molecule has 3 rings (SSSR count). The number of hydrogen-bond donors (Lipinski definition) is 1. The Morgan fingerprint density at radius 1 is 1.09 bits per heavy atom. The molecule has 6 nitrogen and oxygen atoms in total. The van der Waals surface area contributed by atoms with Crippen molar-refractivity contribution in [2.45, 2.75) is 46.3 Å². The smallest absolute Gasteiger partial charge is 0.387 e. The van der Waals surface area contributed by atoms with Crippen molar-refractivity contribution in [1.29, 1.82) is 0 Å². The number of halogens is 2. The SMILES string of the molecule is CCC(C)NC(=O)Cc1c(C)n(C(=O)c2ccc(OC(F)F)cc2)c2ccc(OC)cc12. The monoisotopic (exact) mass is 444 g/mol. The van der Waals surface area contributed by atoms with Gasteiger partial charge in [-0.2, -0.15) is 8.78 Å². The Balaban J connectivity index is 2.04. The molecule has 0 saturated heterocycles. The van der Waals surface area contributed by atoms with Gasteiger partial charge in [-0.1, -0.05) is 6.92 Å². The molecule has 1 amide bonds. The van der Waals surface area contributed by atoms with Gasteiger partial charge in [-0.05, 0) is 68.3 Å². The summed E-state index contributed by atoms with van der Waals surface area (Å²) in [5.41, 5.74) is 2.29. The number of aromatic nitrogens is 1. The highest BCUT2D eigenvalue weighted by Crippen LogP contribution is 2.31. The van der Waals surface area contributed by atoms with Crippen LogP contribution in [0.25, 0.3) is 10.9 Å². The minimum absolute atomic E-state index is 0.0298. The van der Waals surface area contributed by atoms with Crippen molar-refractivity contribution in [1.82, 2.24) is 9.88 Å². The van der Waals surface area contributed by atoms with Crippen LogP contribution in [-0.4, -0.2) is 36.1 Å². The summed E-state index contributed by atoms with van der Waals surface area (Å²) in [7, 11) is 1.55. The summed E-state index contributed by atoms with van der Waals surface area (Å²) in [4.78, 5) is 25.9. The lowest BCUT2D eigenvalue weighted by Gasteiger charge is -2.12. The molecule has 0 saturated carbocycles. The molecule has 0 aliphatic rings. The van der Waals surface area contributed by atoms with Crippen LogP contribution < -0.4 is 14.8 Å². The molecule has 1 heterocycles. The van der Waals surface area contributed by atoms with Crippen LogP contribution in [0.15, 0.2) is 42.5 Å². The Kier molecular flexibility index (Phi) is 7.12. The van der Waals surface area contributed by atoms with E-state index in [2.05, 4.69) is 10.1 Å². The third-order valence-electron chi connectivity index (χ3n) is 5.43. The molecule has 3 aromatic rings. The first-order valence-electron chi connectivity index (χ1n) is 10.3. The largest absolute Gasteiger partial charge is 0.497 e. The number of nitrogens with one attached hydrogen (secondary N) is 1. The number of carbonyl (C=O) groups excluding carboxylic acids is 2. The third-order valence-corrected chi connectivity index (χ3v) is 5.43. The van der Waals surface area contributed by atoms with E-state index in [-0.39, 0.29) is 30.0 Å². The van der Waals surface area contributed by atoms with Crippen molar-refractivity contribution in [3.8, 4) is 11.5 Å². The molecule has 1 unspecified atom stereocenters. The van der Waals surface area contributed by atoms with Gasteiger partial charge in [0.15, 0.2) is 0 Å². The van der Waals surface area contributed by atoms with Crippen molar-refractivity contribution < 1.29 is 27.8 Å². The van der Waals surface area contributed by atoms with Crippen LogP contribution in [0.2, 0.25) is 0 Å². The Morgan fingerprint density at radius 2 is 1.75 bits per heavy atom. The number of nitrogens with zero attached hydrogens (tertiary/aromatic N) is 1. The molecule has 1 atom stereocenters. The fourth-order valence-electron chi connectivity index (χ4n) is 3.57. The predicted octanol–water partition coefficient (Wildman–Crippen LogP) is 4.71. The van der Waals surface area contributed by atoms with Gasteiger partial charge < -0.3 is 14.8 Å². The van der Waals surface area contributed by atoms with Crippen LogP contribution >= 0.6 is 0 Å². The molecule has 2 aromatic carbocycles. The highest BCUT2D eigenvalue weighted by atomic mass is 19.3. The second-order valence-corrected chi connectivity index (χ2v) is 7.54. The van der Waals surface area contributed by atoms with Gasteiger partial charge in [0.25, 0.3) is 5.91 Å². The molecule has 1 N–H and O–H groups in total. The lowest BCUT2D eigenvalue weighted by Crippen LogP contribution is -2.33. The first-order chi connectivity index (χ1) is 15.2. The van der Waals surface area contributed by atoms with Gasteiger partial charge in [0.05, 0.1) is 19.0 Å². The van der Waals surface area contributed by atoms with Gasteiger partial charge in [0, 0.05) is 22.7 Å². The molecule has 170 valence electrons. The van der Waals surface area contributed by atoms with E-state index in [1.54, 1.807) is 32.2 Å². The zero-order valence-electron chi connectivity index (χ0n) is 18.4. The zero-order chi connectivity index (χ0) is 23.4. The maximum Gasteiger partial charge on any atom is 0.387 e. The summed E-state index contributed by atoms with van der Waals surface area (Å²) < 4.78 is 36.0. The third kappa shape index (κ3) is 4.90. The van der Waals surface area contributed by atoms with Gasteiger partial charge in [0.2, 0.25) is 5.91 Å². The average molecular weight is 444 g/mol. The van der Waals surface area contributed by atoms with Gasteiger partial charge in [-0.3, -0.25) is 14.2 Å². The second kappa shape index (κ2) is 9.80. The Hall–Kier alpha value is -3.42. The van der Waals surface area contributed by atoms with Crippen LogP contribution in [0, 0.1) is 6.92 Å². The van der Waals surface area contributed by atoms with Crippen LogP contribution in [0.1, 0.15) is 41.9 Å². The second-order valence-electron chi connectivity index (χ2n) is 7.54. The van der Waals surface area contributed by atoms with E-state index < -0.39 is 6.61 Å². The Bertz CT molecular complexity index is 1120. The van der Waals surface area contributed by atoms with Crippen LogP contribution in [0.3, 0.4) is 0 Å². The summed E-state index contributed by atoms with van der Waals surface area (Å²) in [6.07, 6.45) is 0.922. The topological polar surface area (TPSA) is 69.6 Å². The zero-order valence-corrected chi connectivity index (χ0v) is 18.4. The Morgan fingerprint density at radius 3 is 2.34 bits per heavy atom. The molecule has 8 heteroatoms. The number of alkyl halides is 2. The lowest BCUT2D eigenvalue weighted by molar-refractivity contribution is -0.121. The molecular formula is C24H26F2N2O4. The van der Waals surface area contributed by atoms with E-state index in [4.69, 9.17) is 4.74 Å². The molecule has 0 aliphatic carbocycles. The van der Waals surface area contributed by atoms with E-state index >= 15 is 0 Å². The number of hydrogen-bond acceptors (Lipinski definition) is 4. The van der Waals surface area contributed by atoms with Crippen LogP contribution in [0.4, 0.5) is 8.78 Å². The van der Waals surface area contributed by atoms with Gasteiger partial charge in [0.1, 0.15) is 11.5 Å². The van der Waals surface area contributed by atoms with E-state index in [0.717, 1.165) is 17.4 Å². The van der Waals surface area contributed by atoms with Gasteiger partial charge in [-0.25, -0.2) is 0 Å². The van der Waals surface area contributed by atoms with Crippen molar-refractivity contribution in [2.75, 3.05) is 7.11 Å². The fraction of sp³-hybridized carbons (Fsp3) is 0.333. The lowest BCUT2D eigenvalue weighted by atomic mass is 10.1. The molecule has 32 heavy (non-hydrogen) atoms. The standard InChI is InChI=1S/C24H26F2N2O4/c1-5-14(2)27-22(29)13-19-15(3)28(21-11-10-18(31-4)12-20(19)21)23(30)16-6-8-17(9-7-16)32-24(25)26/h6-12,14,24H,5,13H2,1-4H3,(H,27,29). The molecule has 0 aliphatic heterocycles. The first-order valence-corrected chi connectivity index (χ1v) is 10.3. The number of benzene rings is 2. The highest BCUT2D eigenvalue weighted by Gasteiger charge is 2.22. The minimum atomic E-state index is -2.94. The van der Waals surface area contributed by atoms with Crippen molar-refractivity contribution in [2.24, 2.45) is 0 Å². The van der Waals surface area contributed by atoms with E-state index in [1.165, 1.54) is 28.8 Å². The number of ether oxygens (including phenoxy) is 2. The minimum Gasteiger partial charge on any atom is -0.497 e. The van der Waals surface area contributed by atoms with E-state index in [0.29, 0.717) is 22.5 Å². The number of amides is 1. The van der Waals surface area contributed by atoms with Crippen LogP contribution in [0.5, 0.6) is 11.5 Å². The maximum absolute atomic E-state index is 13.3. The first kappa shape index (κ1) is 23.2. The average Bonchev–Trinajstić information content (AvgIpc) is 3.03. The predicted molar refractivity (Wildman–Crippen MR) is 118 cm³/mol. The van der Waals surface area contributed by atoms with Crippen molar-refractivity contribution in [3.05, 3.63) is 59.3 Å². The van der Waals surface area contributed by atoms with E-state index in [9.17, 15) is 18.4 Å². The number of fused-ring (bicyclic) bond motifs is 1. The molecule has 1 aromatic heterocycles. The molecular weight excluding hydrogens is 418 g/mol. The van der Waals surface area contributed by atoms with Crippen LogP contribution in [-0.2, 0) is 11.2 Å². The number of carbonyl (C=O) groups is 2. The molecule has 0 bridgehead atoms. The summed E-state index contributed by atoms with van der Waals surface area (Å²) in [6, 6.07) is 10.9. The van der Waals surface area contributed by atoms with Crippen molar-refractivity contribution in [3.63, 3.8) is 0 Å². The Labute approximate surface area is 185 Å². The highest BCUT2D eigenvalue weighted by molar-refractivity contribution is 6.05. The summed E-state index contributed by atoms with van der Waals surface area (Å²) in [5, 5.41) is 3.69. The maximum atomic E-state index is 13.3. The van der Waals surface area contributed by atoms with Crippen molar-refractivity contribution >= 4 is 22.7 Å². The quantitative estimate of drug-likeness (QED) is 0.547. The fourth-order valence-corrected chi connectivity index (χ4v) is 3.57. The summed E-state index contributed by atoms with van der Waals surface area (Å²) in [5.74, 6) is 0.108. The normalized spacial score (nSPS) is 12.1.